The number of nitrogens with one attached hydrogen (secondary N) is 1. The number of hydrogen-bond acceptors (Lipinski definition) is 4. The van der Waals surface area contributed by atoms with Crippen molar-refractivity contribution in [1.29, 1.82) is 0 Å². The normalized spacial score (nSPS) is 18.8. The van der Waals surface area contributed by atoms with Gasteiger partial charge < -0.3 is 10.1 Å². The number of halogens is 1. The molecule has 1 amide bonds. The fourth-order valence-corrected chi connectivity index (χ4v) is 3.71. The molecule has 0 aromatic rings. The number of sulfonamides is 1. The molecule has 0 radical (unpaired) electrons. The number of methoxy groups -OCH3 is 1. The zero-order chi connectivity index (χ0) is 13.6. The molecule has 0 unspecified atom stereocenters. The van der Waals surface area contributed by atoms with E-state index in [9.17, 15) is 13.2 Å². The van der Waals surface area contributed by atoms with Gasteiger partial charge in [-0.3, -0.25) is 4.79 Å². The van der Waals surface area contributed by atoms with Crippen molar-refractivity contribution < 1.29 is 17.9 Å². The Kier molecular flexibility index (Phi) is 6.34. The molecule has 106 valence electrons. The van der Waals surface area contributed by atoms with Crippen LogP contribution in [0.3, 0.4) is 0 Å². The highest BCUT2D eigenvalue weighted by molar-refractivity contribution is 7.89. The molecular weight excluding hydrogens is 280 g/mol. The third-order valence-corrected chi connectivity index (χ3v) is 5.11. The largest absolute Gasteiger partial charge is 0.375 e. The van der Waals surface area contributed by atoms with Crippen LogP contribution in [0, 0.1) is 0 Å². The van der Waals surface area contributed by atoms with Gasteiger partial charge in [0.05, 0.1) is 5.75 Å². The van der Waals surface area contributed by atoms with Gasteiger partial charge >= 0.3 is 0 Å². The second-order valence-corrected chi connectivity index (χ2v) is 6.65. The molecular formula is C10H19ClN2O4S. The number of amides is 1. The minimum Gasteiger partial charge on any atom is -0.375 e. The first-order valence-electron chi connectivity index (χ1n) is 5.81. The third kappa shape index (κ3) is 4.72. The SMILES string of the molecule is COCC(=O)NC1CCN(S(=O)(=O)CCCl)CC1. The standard InChI is InChI=1S/C10H19ClN2O4S/c1-17-8-10(14)12-9-2-5-13(6-3-9)18(15,16)7-4-11/h9H,2-8H2,1H3,(H,12,14). The topological polar surface area (TPSA) is 75.7 Å². The van der Waals surface area contributed by atoms with Crippen molar-refractivity contribution in [3.8, 4) is 0 Å². The van der Waals surface area contributed by atoms with Crippen LogP contribution in [-0.4, -0.2) is 63.1 Å². The number of nitrogens with zero attached hydrogens (tertiary/aromatic N) is 1. The highest BCUT2D eigenvalue weighted by atomic mass is 35.5. The Bertz CT molecular complexity index is 366. The van der Waals surface area contributed by atoms with Gasteiger partial charge in [-0.15, -0.1) is 11.6 Å². The quantitative estimate of drug-likeness (QED) is 0.688. The summed E-state index contributed by atoms with van der Waals surface area (Å²) in [6.07, 6.45) is 1.24. The summed E-state index contributed by atoms with van der Waals surface area (Å²) in [6.45, 7) is 0.888. The predicted octanol–water partition coefficient (Wildman–Crippen LogP) is -0.218. The Balaban J connectivity index is 2.39. The number of carbonyl (C=O) groups excluding carboxylic acids is 1. The first kappa shape index (κ1) is 15.7. The molecule has 18 heavy (non-hydrogen) atoms. The smallest absolute Gasteiger partial charge is 0.246 e. The van der Waals surface area contributed by atoms with Crippen LogP contribution in [-0.2, 0) is 19.6 Å². The van der Waals surface area contributed by atoms with E-state index in [0.717, 1.165) is 0 Å². The molecule has 0 bridgehead atoms. The molecule has 0 aliphatic carbocycles. The summed E-state index contributed by atoms with van der Waals surface area (Å²) in [5.41, 5.74) is 0. The van der Waals surface area contributed by atoms with Gasteiger partial charge in [0, 0.05) is 32.1 Å². The number of rotatable bonds is 6. The molecule has 0 spiro atoms. The highest BCUT2D eigenvalue weighted by Crippen LogP contribution is 2.14. The zero-order valence-electron chi connectivity index (χ0n) is 10.4. The maximum Gasteiger partial charge on any atom is 0.246 e. The fraction of sp³-hybridized carbons (Fsp3) is 0.900. The van der Waals surface area contributed by atoms with E-state index < -0.39 is 10.0 Å². The minimum absolute atomic E-state index is 0.0232. The number of alkyl halides is 1. The molecule has 1 N–H and O–H groups in total. The van der Waals surface area contributed by atoms with Gasteiger partial charge in [0.25, 0.3) is 0 Å². The van der Waals surface area contributed by atoms with Gasteiger partial charge in [-0.1, -0.05) is 0 Å². The molecule has 0 saturated carbocycles. The van der Waals surface area contributed by atoms with Crippen LogP contribution in [0.4, 0.5) is 0 Å². The fourth-order valence-electron chi connectivity index (χ4n) is 1.91. The van der Waals surface area contributed by atoms with Crippen molar-refractivity contribution in [2.75, 3.05) is 38.4 Å². The van der Waals surface area contributed by atoms with Gasteiger partial charge in [-0.05, 0) is 12.8 Å². The Morgan fingerprint density at radius 3 is 2.56 bits per heavy atom. The van der Waals surface area contributed by atoms with Crippen LogP contribution in [0.2, 0.25) is 0 Å². The van der Waals surface area contributed by atoms with E-state index in [1.807, 2.05) is 0 Å². The number of ether oxygens (including phenoxy) is 1. The first-order valence-corrected chi connectivity index (χ1v) is 7.96. The van der Waals surface area contributed by atoms with E-state index in [1.165, 1.54) is 11.4 Å². The average Bonchev–Trinajstić information content (AvgIpc) is 2.30. The molecule has 1 heterocycles. The maximum atomic E-state index is 11.8. The number of hydrogen-bond donors (Lipinski definition) is 1. The molecule has 0 aromatic heterocycles. The Morgan fingerprint density at radius 2 is 2.06 bits per heavy atom. The lowest BCUT2D eigenvalue weighted by molar-refractivity contribution is -0.125. The molecule has 6 nitrogen and oxygen atoms in total. The minimum atomic E-state index is -3.23. The van der Waals surface area contributed by atoms with E-state index in [-0.39, 0.29) is 30.2 Å². The summed E-state index contributed by atoms with van der Waals surface area (Å²) < 4.78 is 29.7. The van der Waals surface area contributed by atoms with Crippen molar-refractivity contribution in [3.63, 3.8) is 0 Å². The van der Waals surface area contributed by atoms with E-state index in [1.54, 1.807) is 0 Å². The highest BCUT2D eigenvalue weighted by Gasteiger charge is 2.27. The summed E-state index contributed by atoms with van der Waals surface area (Å²) in [5.74, 6) is -0.0955. The molecule has 8 heteroatoms. The Hall–Kier alpha value is -0.370. The lowest BCUT2D eigenvalue weighted by Crippen LogP contribution is -2.47. The Morgan fingerprint density at radius 1 is 1.44 bits per heavy atom. The van der Waals surface area contributed by atoms with Gasteiger partial charge in [-0.2, -0.15) is 0 Å². The van der Waals surface area contributed by atoms with Gasteiger partial charge in [0.2, 0.25) is 15.9 Å². The van der Waals surface area contributed by atoms with Gasteiger partial charge in [0.15, 0.2) is 0 Å². The van der Waals surface area contributed by atoms with E-state index in [2.05, 4.69) is 5.32 Å². The molecule has 1 saturated heterocycles. The van der Waals surface area contributed by atoms with Crippen molar-refractivity contribution in [2.24, 2.45) is 0 Å². The molecule has 0 aromatic carbocycles. The summed E-state index contributed by atoms with van der Waals surface area (Å²) >= 11 is 5.46. The lowest BCUT2D eigenvalue weighted by Gasteiger charge is -2.31. The van der Waals surface area contributed by atoms with Crippen LogP contribution in [0.1, 0.15) is 12.8 Å². The van der Waals surface area contributed by atoms with Crippen LogP contribution < -0.4 is 5.32 Å². The number of piperidine rings is 1. The monoisotopic (exact) mass is 298 g/mol. The molecule has 0 atom stereocenters. The Labute approximate surface area is 113 Å². The predicted molar refractivity (Wildman–Crippen MR) is 69.1 cm³/mol. The van der Waals surface area contributed by atoms with Crippen LogP contribution in [0.15, 0.2) is 0 Å². The molecule has 1 aliphatic rings. The molecule has 1 fully saturated rings. The van der Waals surface area contributed by atoms with Gasteiger partial charge in [0.1, 0.15) is 6.61 Å². The van der Waals surface area contributed by atoms with E-state index in [4.69, 9.17) is 16.3 Å². The van der Waals surface area contributed by atoms with E-state index in [0.29, 0.717) is 25.9 Å². The zero-order valence-corrected chi connectivity index (χ0v) is 12.0. The molecule has 1 aliphatic heterocycles. The van der Waals surface area contributed by atoms with Crippen LogP contribution >= 0.6 is 11.6 Å². The average molecular weight is 299 g/mol. The number of carbonyl (C=O) groups is 1. The summed E-state index contributed by atoms with van der Waals surface area (Å²) in [4.78, 5) is 11.3. The third-order valence-electron chi connectivity index (χ3n) is 2.82. The summed E-state index contributed by atoms with van der Waals surface area (Å²) in [7, 11) is -1.77. The van der Waals surface area contributed by atoms with E-state index >= 15 is 0 Å². The van der Waals surface area contributed by atoms with Crippen LogP contribution in [0.5, 0.6) is 0 Å². The van der Waals surface area contributed by atoms with Crippen molar-refractivity contribution in [3.05, 3.63) is 0 Å². The van der Waals surface area contributed by atoms with Crippen molar-refractivity contribution in [1.82, 2.24) is 9.62 Å². The van der Waals surface area contributed by atoms with Crippen molar-refractivity contribution >= 4 is 27.5 Å². The maximum absolute atomic E-state index is 11.8. The van der Waals surface area contributed by atoms with Crippen LogP contribution in [0.25, 0.3) is 0 Å². The lowest BCUT2D eigenvalue weighted by atomic mass is 10.1. The van der Waals surface area contributed by atoms with Gasteiger partial charge in [-0.25, -0.2) is 12.7 Å². The first-order chi connectivity index (χ1) is 8.49. The second-order valence-electron chi connectivity index (χ2n) is 4.18. The van der Waals surface area contributed by atoms with Crippen molar-refractivity contribution in [2.45, 2.75) is 18.9 Å². The molecule has 1 rings (SSSR count). The second kappa shape index (κ2) is 7.28. The summed E-state index contributed by atoms with van der Waals surface area (Å²) in [5, 5.41) is 2.81. The summed E-state index contributed by atoms with van der Waals surface area (Å²) in [6, 6.07) is 0.0232.